The normalized spacial score (nSPS) is 20.0. The predicted molar refractivity (Wildman–Crippen MR) is 122 cm³/mol. The number of methoxy groups -OCH3 is 1. The standard InChI is InChI=1S/C26H25N3O2/c1-29-24(30)26(28-25(29)27,22-13-12-17-6-3-7-18(17)14-22)21-10-4-8-19(15-21)20-9-5-11-23(16-20)31-2/h4-5,8-16H,3,6-7H2,1-2H3,(H2,27,28). The number of aliphatic imine (C=N–C) groups is 1. The van der Waals surface area contributed by atoms with E-state index in [0.29, 0.717) is 0 Å². The summed E-state index contributed by atoms with van der Waals surface area (Å²) in [6, 6.07) is 22.2. The molecule has 1 unspecified atom stereocenters. The molecule has 1 aliphatic carbocycles. The summed E-state index contributed by atoms with van der Waals surface area (Å²) in [6.45, 7) is 0. The maximum Gasteiger partial charge on any atom is 0.266 e. The van der Waals surface area contributed by atoms with Crippen LogP contribution < -0.4 is 10.5 Å². The molecule has 1 heterocycles. The van der Waals surface area contributed by atoms with Gasteiger partial charge in [0.25, 0.3) is 5.91 Å². The second-order valence-electron chi connectivity index (χ2n) is 8.19. The van der Waals surface area contributed by atoms with Crippen LogP contribution in [0.15, 0.2) is 71.7 Å². The third-order valence-corrected chi connectivity index (χ3v) is 6.44. The zero-order valence-electron chi connectivity index (χ0n) is 17.8. The van der Waals surface area contributed by atoms with Crippen LogP contribution in [-0.2, 0) is 23.2 Å². The van der Waals surface area contributed by atoms with Crippen LogP contribution in [0.25, 0.3) is 11.1 Å². The van der Waals surface area contributed by atoms with Gasteiger partial charge in [-0.2, -0.15) is 0 Å². The number of hydrogen-bond acceptors (Lipinski definition) is 4. The molecule has 0 aromatic heterocycles. The van der Waals surface area contributed by atoms with Gasteiger partial charge in [0.15, 0.2) is 11.5 Å². The van der Waals surface area contributed by atoms with Gasteiger partial charge in [0, 0.05) is 7.05 Å². The van der Waals surface area contributed by atoms with E-state index in [1.54, 1.807) is 14.2 Å². The van der Waals surface area contributed by atoms with E-state index in [2.05, 4.69) is 12.1 Å². The number of ether oxygens (including phenoxy) is 1. The van der Waals surface area contributed by atoms with Crippen LogP contribution in [0.4, 0.5) is 0 Å². The highest BCUT2D eigenvalue weighted by Gasteiger charge is 2.49. The minimum atomic E-state index is -1.18. The van der Waals surface area contributed by atoms with Crippen molar-refractivity contribution in [3.05, 3.63) is 89.0 Å². The average molecular weight is 412 g/mol. The molecule has 0 fully saturated rings. The van der Waals surface area contributed by atoms with Crippen molar-refractivity contribution in [1.29, 1.82) is 0 Å². The lowest BCUT2D eigenvalue weighted by atomic mass is 9.80. The Balaban J connectivity index is 1.69. The third-order valence-electron chi connectivity index (χ3n) is 6.44. The van der Waals surface area contributed by atoms with Gasteiger partial charge in [-0.1, -0.05) is 48.5 Å². The van der Waals surface area contributed by atoms with Crippen molar-refractivity contribution in [1.82, 2.24) is 4.90 Å². The first-order valence-electron chi connectivity index (χ1n) is 10.5. The number of rotatable bonds is 4. The first kappa shape index (κ1) is 19.4. The SMILES string of the molecule is COc1cccc(-c2cccc(C3(c4ccc5c(c4)CCC5)N=C(N)N(C)C3=O)c2)c1. The maximum absolute atomic E-state index is 13.6. The van der Waals surface area contributed by atoms with Gasteiger partial charge in [0.1, 0.15) is 5.75 Å². The summed E-state index contributed by atoms with van der Waals surface area (Å²) in [5, 5.41) is 0. The molecule has 1 amide bonds. The Hall–Kier alpha value is -3.60. The Kier molecular flexibility index (Phi) is 4.54. The highest BCUT2D eigenvalue weighted by molar-refractivity contribution is 6.09. The van der Waals surface area contributed by atoms with Crippen molar-refractivity contribution < 1.29 is 9.53 Å². The first-order valence-corrected chi connectivity index (χ1v) is 10.5. The van der Waals surface area contributed by atoms with Crippen molar-refractivity contribution in [2.45, 2.75) is 24.8 Å². The van der Waals surface area contributed by atoms with Crippen LogP contribution in [-0.4, -0.2) is 30.9 Å². The van der Waals surface area contributed by atoms with Gasteiger partial charge in [-0.3, -0.25) is 9.69 Å². The van der Waals surface area contributed by atoms with Crippen LogP contribution in [0.5, 0.6) is 5.75 Å². The summed E-state index contributed by atoms with van der Waals surface area (Å²) in [6.07, 6.45) is 3.27. The number of likely N-dealkylation sites (N-methyl/N-ethyl adjacent to an activating group) is 1. The number of amides is 1. The highest BCUT2D eigenvalue weighted by atomic mass is 16.5. The van der Waals surface area contributed by atoms with Crippen molar-refractivity contribution in [2.75, 3.05) is 14.2 Å². The van der Waals surface area contributed by atoms with Gasteiger partial charge < -0.3 is 10.5 Å². The predicted octanol–water partition coefficient (Wildman–Crippen LogP) is 3.88. The zero-order valence-corrected chi connectivity index (χ0v) is 17.8. The quantitative estimate of drug-likeness (QED) is 0.708. The number of aryl methyl sites for hydroxylation is 2. The topological polar surface area (TPSA) is 67.9 Å². The molecular weight excluding hydrogens is 386 g/mol. The number of fused-ring (bicyclic) bond motifs is 1. The van der Waals surface area contributed by atoms with E-state index >= 15 is 0 Å². The molecule has 2 aliphatic rings. The number of benzene rings is 3. The lowest BCUT2D eigenvalue weighted by Crippen LogP contribution is -2.41. The molecule has 3 aromatic carbocycles. The van der Waals surface area contributed by atoms with Gasteiger partial charge in [-0.05, 0) is 70.8 Å². The molecule has 2 N–H and O–H groups in total. The minimum Gasteiger partial charge on any atom is -0.497 e. The summed E-state index contributed by atoms with van der Waals surface area (Å²) in [5.74, 6) is 0.887. The van der Waals surface area contributed by atoms with Crippen LogP contribution in [0.2, 0.25) is 0 Å². The zero-order chi connectivity index (χ0) is 21.6. The van der Waals surface area contributed by atoms with Gasteiger partial charge in [-0.15, -0.1) is 0 Å². The number of guanidine groups is 1. The average Bonchev–Trinajstić information content (AvgIpc) is 3.37. The van der Waals surface area contributed by atoms with Crippen LogP contribution in [0.1, 0.15) is 28.7 Å². The third kappa shape index (κ3) is 3.00. The Morgan fingerprint density at radius 2 is 1.65 bits per heavy atom. The van der Waals surface area contributed by atoms with Crippen molar-refractivity contribution >= 4 is 11.9 Å². The number of nitrogens with zero attached hydrogens (tertiary/aromatic N) is 2. The number of carbonyl (C=O) groups is 1. The Morgan fingerprint density at radius 1 is 0.935 bits per heavy atom. The second kappa shape index (κ2) is 7.27. The van der Waals surface area contributed by atoms with Gasteiger partial charge in [0.05, 0.1) is 7.11 Å². The molecule has 3 aromatic rings. The largest absolute Gasteiger partial charge is 0.497 e. The van der Waals surface area contributed by atoms with Crippen molar-refractivity contribution in [2.24, 2.45) is 10.7 Å². The fourth-order valence-electron chi connectivity index (χ4n) is 4.71. The van der Waals surface area contributed by atoms with Gasteiger partial charge in [-0.25, -0.2) is 4.99 Å². The Labute approximate surface area is 182 Å². The Bertz CT molecular complexity index is 1220. The van der Waals surface area contributed by atoms with E-state index in [-0.39, 0.29) is 11.9 Å². The lowest BCUT2D eigenvalue weighted by Gasteiger charge is -2.27. The second-order valence-corrected chi connectivity index (χ2v) is 8.19. The summed E-state index contributed by atoms with van der Waals surface area (Å²) >= 11 is 0. The molecule has 1 atom stereocenters. The number of carbonyl (C=O) groups excluding carboxylic acids is 1. The van der Waals surface area contributed by atoms with Gasteiger partial charge in [0.2, 0.25) is 0 Å². The molecule has 1 aliphatic heterocycles. The fraction of sp³-hybridized carbons (Fsp3) is 0.231. The first-order chi connectivity index (χ1) is 15.0. The molecule has 5 rings (SSSR count). The molecule has 5 heteroatoms. The smallest absolute Gasteiger partial charge is 0.266 e. The van der Waals surface area contributed by atoms with E-state index in [1.165, 1.54) is 16.0 Å². The summed E-state index contributed by atoms with van der Waals surface area (Å²) in [5.41, 5.74) is 11.3. The number of hydrogen-bond donors (Lipinski definition) is 1. The highest BCUT2D eigenvalue weighted by Crippen LogP contribution is 2.42. The summed E-state index contributed by atoms with van der Waals surface area (Å²) < 4.78 is 5.38. The van der Waals surface area contributed by atoms with E-state index in [1.807, 2.05) is 54.6 Å². The lowest BCUT2D eigenvalue weighted by molar-refractivity contribution is -0.129. The van der Waals surface area contributed by atoms with Gasteiger partial charge >= 0.3 is 0 Å². The van der Waals surface area contributed by atoms with Crippen molar-refractivity contribution in [3.8, 4) is 16.9 Å². The van der Waals surface area contributed by atoms with E-state index in [0.717, 1.165) is 47.3 Å². The molecular formula is C26H25N3O2. The molecule has 0 saturated heterocycles. The van der Waals surface area contributed by atoms with Crippen molar-refractivity contribution in [3.63, 3.8) is 0 Å². The van der Waals surface area contributed by atoms with E-state index in [9.17, 15) is 4.79 Å². The van der Waals surface area contributed by atoms with Crippen LogP contribution in [0.3, 0.4) is 0 Å². The summed E-state index contributed by atoms with van der Waals surface area (Å²) in [4.78, 5) is 19.8. The summed E-state index contributed by atoms with van der Waals surface area (Å²) in [7, 11) is 3.34. The molecule has 0 saturated carbocycles. The molecule has 0 bridgehead atoms. The maximum atomic E-state index is 13.6. The molecule has 31 heavy (non-hydrogen) atoms. The Morgan fingerprint density at radius 3 is 2.39 bits per heavy atom. The molecule has 0 radical (unpaired) electrons. The molecule has 156 valence electrons. The van der Waals surface area contributed by atoms with E-state index < -0.39 is 5.54 Å². The number of nitrogens with two attached hydrogens (primary N) is 1. The van der Waals surface area contributed by atoms with Crippen LogP contribution >= 0.6 is 0 Å². The minimum absolute atomic E-state index is 0.134. The monoisotopic (exact) mass is 411 g/mol. The van der Waals surface area contributed by atoms with E-state index in [4.69, 9.17) is 15.5 Å². The molecule has 5 nitrogen and oxygen atoms in total. The van der Waals surface area contributed by atoms with Crippen LogP contribution in [0, 0.1) is 0 Å². The molecule has 0 spiro atoms. The fourth-order valence-corrected chi connectivity index (χ4v) is 4.71.